The molecule has 4 heteroatoms. The second-order valence-corrected chi connectivity index (χ2v) is 4.22. The molecule has 0 aliphatic carbocycles. The number of benzene rings is 1. The molecule has 16 heavy (non-hydrogen) atoms. The van der Waals surface area contributed by atoms with Crippen LogP contribution in [0.1, 0.15) is 5.56 Å². The molecular weight excluding hydrogens is 204 g/mol. The number of nitrogens with zero attached hydrogens (tertiary/aromatic N) is 1. The first-order chi connectivity index (χ1) is 7.74. The standard InChI is InChI=1S/C12H18N2O2/c1-14-5-4-9-6-10(2-3-12(9)14)13-11(7-15)8-16/h2-3,6,11,13,15-16H,4-5,7-8H2,1H3. The molecule has 0 spiro atoms. The van der Waals surface area contributed by atoms with Gasteiger partial charge >= 0.3 is 0 Å². The van der Waals surface area contributed by atoms with Crippen molar-refractivity contribution in [1.82, 2.24) is 0 Å². The number of hydrogen-bond donors (Lipinski definition) is 3. The van der Waals surface area contributed by atoms with E-state index >= 15 is 0 Å². The van der Waals surface area contributed by atoms with Gasteiger partial charge in [0.1, 0.15) is 0 Å². The molecule has 0 saturated carbocycles. The molecule has 1 aromatic rings. The van der Waals surface area contributed by atoms with Crippen LogP contribution in [0.2, 0.25) is 0 Å². The van der Waals surface area contributed by atoms with E-state index in [2.05, 4.69) is 29.4 Å². The number of aliphatic hydroxyl groups is 2. The highest BCUT2D eigenvalue weighted by Gasteiger charge is 2.16. The van der Waals surface area contributed by atoms with Gasteiger partial charge in [-0.3, -0.25) is 0 Å². The lowest BCUT2D eigenvalue weighted by atomic mass is 10.1. The maximum atomic E-state index is 8.99. The number of hydrogen-bond acceptors (Lipinski definition) is 4. The van der Waals surface area contributed by atoms with Crippen molar-refractivity contribution in [2.45, 2.75) is 12.5 Å². The van der Waals surface area contributed by atoms with Gasteiger partial charge in [-0.15, -0.1) is 0 Å². The summed E-state index contributed by atoms with van der Waals surface area (Å²) in [4.78, 5) is 2.23. The van der Waals surface area contributed by atoms with Crippen LogP contribution in [0.15, 0.2) is 18.2 Å². The van der Waals surface area contributed by atoms with Crippen molar-refractivity contribution < 1.29 is 10.2 Å². The van der Waals surface area contributed by atoms with E-state index in [9.17, 15) is 0 Å². The molecule has 1 aliphatic heterocycles. The molecule has 0 saturated heterocycles. The van der Waals surface area contributed by atoms with Crippen molar-refractivity contribution in [3.8, 4) is 0 Å². The molecule has 0 atom stereocenters. The first kappa shape index (κ1) is 11.2. The Labute approximate surface area is 95.5 Å². The first-order valence-electron chi connectivity index (χ1n) is 5.57. The second kappa shape index (κ2) is 4.72. The molecule has 0 amide bonds. The number of anilines is 2. The van der Waals surface area contributed by atoms with Gasteiger partial charge in [-0.2, -0.15) is 0 Å². The summed E-state index contributed by atoms with van der Waals surface area (Å²) in [5.74, 6) is 0. The van der Waals surface area contributed by atoms with Crippen molar-refractivity contribution >= 4 is 11.4 Å². The lowest BCUT2D eigenvalue weighted by Crippen LogP contribution is -2.27. The van der Waals surface area contributed by atoms with E-state index in [-0.39, 0.29) is 19.3 Å². The highest BCUT2D eigenvalue weighted by Crippen LogP contribution is 2.29. The fourth-order valence-electron chi connectivity index (χ4n) is 2.04. The van der Waals surface area contributed by atoms with Crippen LogP contribution in [0, 0.1) is 0 Å². The largest absolute Gasteiger partial charge is 0.394 e. The first-order valence-corrected chi connectivity index (χ1v) is 5.57. The topological polar surface area (TPSA) is 55.7 Å². The summed E-state index contributed by atoms with van der Waals surface area (Å²) in [5.41, 5.74) is 3.55. The van der Waals surface area contributed by atoms with Gasteiger partial charge < -0.3 is 20.4 Å². The summed E-state index contributed by atoms with van der Waals surface area (Å²) < 4.78 is 0. The highest BCUT2D eigenvalue weighted by atomic mass is 16.3. The zero-order valence-electron chi connectivity index (χ0n) is 9.48. The van der Waals surface area contributed by atoms with Gasteiger partial charge in [-0.25, -0.2) is 0 Å². The molecule has 3 N–H and O–H groups in total. The maximum Gasteiger partial charge on any atom is 0.0723 e. The Balaban J connectivity index is 2.13. The summed E-state index contributed by atoms with van der Waals surface area (Å²) in [6.45, 7) is 0.934. The van der Waals surface area contributed by atoms with Gasteiger partial charge in [0.25, 0.3) is 0 Å². The molecule has 1 heterocycles. The summed E-state index contributed by atoms with van der Waals surface area (Å²) in [6, 6.07) is 5.88. The lowest BCUT2D eigenvalue weighted by Gasteiger charge is -2.16. The van der Waals surface area contributed by atoms with Crippen LogP contribution >= 0.6 is 0 Å². The monoisotopic (exact) mass is 222 g/mol. The van der Waals surface area contributed by atoms with Crippen molar-refractivity contribution in [3.63, 3.8) is 0 Å². The van der Waals surface area contributed by atoms with Crippen LogP contribution in [0.4, 0.5) is 11.4 Å². The molecule has 0 unspecified atom stereocenters. The Hall–Kier alpha value is -1.26. The van der Waals surface area contributed by atoms with E-state index in [0.29, 0.717) is 0 Å². The lowest BCUT2D eigenvalue weighted by molar-refractivity contribution is 0.204. The Morgan fingerprint density at radius 2 is 2.12 bits per heavy atom. The summed E-state index contributed by atoms with van der Waals surface area (Å²) in [5, 5.41) is 21.1. The molecule has 88 valence electrons. The molecule has 0 fully saturated rings. The Bertz CT molecular complexity index is 364. The van der Waals surface area contributed by atoms with Crippen molar-refractivity contribution in [2.75, 3.05) is 37.0 Å². The predicted molar refractivity (Wildman–Crippen MR) is 65.0 cm³/mol. The minimum Gasteiger partial charge on any atom is -0.394 e. The van der Waals surface area contributed by atoms with E-state index < -0.39 is 0 Å². The van der Waals surface area contributed by atoms with Crippen LogP contribution in [-0.2, 0) is 6.42 Å². The fourth-order valence-corrected chi connectivity index (χ4v) is 2.04. The molecule has 2 rings (SSSR count). The quantitative estimate of drug-likeness (QED) is 0.692. The molecule has 0 bridgehead atoms. The van der Waals surface area contributed by atoms with Crippen LogP contribution in [0.5, 0.6) is 0 Å². The fraction of sp³-hybridized carbons (Fsp3) is 0.500. The summed E-state index contributed by atoms with van der Waals surface area (Å²) >= 11 is 0. The average molecular weight is 222 g/mol. The zero-order chi connectivity index (χ0) is 11.5. The van der Waals surface area contributed by atoms with Crippen LogP contribution in [0.3, 0.4) is 0 Å². The Morgan fingerprint density at radius 1 is 1.38 bits per heavy atom. The molecule has 0 aromatic heterocycles. The van der Waals surface area contributed by atoms with Gasteiger partial charge in [-0.05, 0) is 30.2 Å². The normalized spacial score (nSPS) is 14.4. The molecule has 1 aromatic carbocycles. The summed E-state index contributed by atoms with van der Waals surface area (Å²) in [7, 11) is 2.09. The number of rotatable bonds is 4. The number of fused-ring (bicyclic) bond motifs is 1. The van der Waals surface area contributed by atoms with E-state index in [0.717, 1.165) is 18.7 Å². The van der Waals surface area contributed by atoms with Crippen LogP contribution < -0.4 is 10.2 Å². The second-order valence-electron chi connectivity index (χ2n) is 4.22. The van der Waals surface area contributed by atoms with E-state index in [1.807, 2.05) is 6.07 Å². The highest BCUT2D eigenvalue weighted by molar-refractivity contribution is 5.63. The van der Waals surface area contributed by atoms with Crippen LogP contribution in [-0.4, -0.2) is 43.1 Å². The van der Waals surface area contributed by atoms with Crippen molar-refractivity contribution in [1.29, 1.82) is 0 Å². The Kier molecular flexibility index (Phi) is 3.31. The summed E-state index contributed by atoms with van der Waals surface area (Å²) in [6.07, 6.45) is 1.06. The van der Waals surface area contributed by atoms with Crippen molar-refractivity contribution in [2.24, 2.45) is 0 Å². The third kappa shape index (κ3) is 2.13. The van der Waals surface area contributed by atoms with E-state index in [1.165, 1.54) is 11.3 Å². The molecule has 4 nitrogen and oxygen atoms in total. The minimum absolute atomic E-state index is 0.0620. The third-order valence-electron chi connectivity index (χ3n) is 3.02. The average Bonchev–Trinajstić information content (AvgIpc) is 2.68. The number of likely N-dealkylation sites (N-methyl/N-ethyl adjacent to an activating group) is 1. The SMILES string of the molecule is CN1CCc2cc(NC(CO)CO)ccc21. The van der Waals surface area contributed by atoms with Gasteiger partial charge in [-0.1, -0.05) is 0 Å². The zero-order valence-corrected chi connectivity index (χ0v) is 9.48. The Morgan fingerprint density at radius 3 is 2.81 bits per heavy atom. The van der Waals surface area contributed by atoms with E-state index in [1.54, 1.807) is 0 Å². The van der Waals surface area contributed by atoms with Crippen LogP contribution in [0.25, 0.3) is 0 Å². The third-order valence-corrected chi connectivity index (χ3v) is 3.02. The molecule has 1 aliphatic rings. The smallest absolute Gasteiger partial charge is 0.0723 e. The van der Waals surface area contributed by atoms with Crippen molar-refractivity contribution in [3.05, 3.63) is 23.8 Å². The van der Waals surface area contributed by atoms with Gasteiger partial charge in [0.2, 0.25) is 0 Å². The van der Waals surface area contributed by atoms with Gasteiger partial charge in [0.05, 0.1) is 19.3 Å². The molecule has 0 radical (unpaired) electrons. The van der Waals surface area contributed by atoms with Gasteiger partial charge in [0.15, 0.2) is 0 Å². The predicted octanol–water partition coefficient (Wildman–Crippen LogP) is 0.444. The number of nitrogens with one attached hydrogen (secondary N) is 1. The maximum absolute atomic E-state index is 8.99. The minimum atomic E-state index is -0.280. The molecular formula is C12H18N2O2. The van der Waals surface area contributed by atoms with Gasteiger partial charge in [0, 0.05) is 25.0 Å². The van der Waals surface area contributed by atoms with E-state index in [4.69, 9.17) is 10.2 Å². The number of aliphatic hydroxyl groups excluding tert-OH is 2.